The van der Waals surface area contributed by atoms with Gasteiger partial charge >= 0.3 is 0 Å². The van der Waals surface area contributed by atoms with Crippen LogP contribution >= 0.6 is 0 Å². The van der Waals surface area contributed by atoms with Gasteiger partial charge in [-0.3, -0.25) is 4.79 Å². The summed E-state index contributed by atoms with van der Waals surface area (Å²) in [5.41, 5.74) is 3.33. The first kappa shape index (κ1) is 16.5. The number of hydrogen-bond donors (Lipinski definition) is 2. The molecule has 3 heterocycles. The maximum Gasteiger partial charge on any atom is 0.239 e. The number of piperidine rings is 2. The van der Waals surface area contributed by atoms with E-state index in [0.717, 1.165) is 52.0 Å². The van der Waals surface area contributed by atoms with Gasteiger partial charge in [0.15, 0.2) is 0 Å². The summed E-state index contributed by atoms with van der Waals surface area (Å²) in [6.07, 6.45) is 10.2. The first-order valence-electron chi connectivity index (χ1n) is 10.2. The van der Waals surface area contributed by atoms with E-state index >= 15 is 0 Å². The molecule has 4 aliphatic rings. The highest BCUT2D eigenvalue weighted by Crippen LogP contribution is 2.44. The summed E-state index contributed by atoms with van der Waals surface area (Å²) in [5.74, 6) is 0.338. The summed E-state index contributed by atoms with van der Waals surface area (Å²) >= 11 is 0. The lowest BCUT2D eigenvalue weighted by Crippen LogP contribution is -2.49. The molecule has 5 rings (SSSR count). The Kier molecular flexibility index (Phi) is 3.94. The standard InChI is InChI=1S/C22H29N3O/c26-20(19-15-21(16-24-19)7-11-23-12-8-21)25-13-9-22(10-14-25)6-5-17-3-1-2-4-18(17)22/h1-6,19,23-24H,7-16H2. The number of rotatable bonds is 1. The van der Waals surface area contributed by atoms with Crippen LogP contribution in [0, 0.1) is 5.41 Å². The second kappa shape index (κ2) is 6.21. The van der Waals surface area contributed by atoms with Crippen LogP contribution in [0.3, 0.4) is 0 Å². The highest BCUT2D eigenvalue weighted by molar-refractivity contribution is 5.82. The van der Waals surface area contributed by atoms with Crippen LogP contribution in [0.5, 0.6) is 0 Å². The summed E-state index contributed by atoms with van der Waals surface area (Å²) in [5, 5.41) is 7.01. The molecule has 4 heteroatoms. The molecule has 1 aromatic carbocycles. The summed E-state index contributed by atoms with van der Waals surface area (Å²) in [6.45, 7) is 4.97. The SMILES string of the molecule is O=C(C1CC2(CCNCC2)CN1)N1CCC2(C=Cc3ccccc32)CC1. The summed E-state index contributed by atoms with van der Waals surface area (Å²) in [6, 6.07) is 8.77. The quantitative estimate of drug-likeness (QED) is 0.816. The number of carbonyl (C=O) groups excluding carboxylic acids is 1. The van der Waals surface area contributed by atoms with Crippen molar-refractivity contribution >= 4 is 12.0 Å². The van der Waals surface area contributed by atoms with Crippen LogP contribution in [0.4, 0.5) is 0 Å². The minimum Gasteiger partial charge on any atom is -0.341 e. The predicted octanol–water partition coefficient (Wildman–Crippen LogP) is 2.31. The third kappa shape index (κ3) is 2.62. The van der Waals surface area contributed by atoms with E-state index < -0.39 is 0 Å². The van der Waals surface area contributed by atoms with Crippen molar-refractivity contribution in [3.8, 4) is 0 Å². The molecule has 0 radical (unpaired) electrons. The Labute approximate surface area is 156 Å². The maximum absolute atomic E-state index is 13.1. The second-order valence-corrected chi connectivity index (χ2v) is 8.79. The van der Waals surface area contributed by atoms with Crippen molar-refractivity contribution in [1.29, 1.82) is 0 Å². The minimum absolute atomic E-state index is 0.0357. The molecule has 4 nitrogen and oxygen atoms in total. The van der Waals surface area contributed by atoms with E-state index in [1.807, 2.05) is 0 Å². The largest absolute Gasteiger partial charge is 0.341 e. The topological polar surface area (TPSA) is 44.4 Å². The molecule has 1 aliphatic carbocycles. The average molecular weight is 351 g/mol. The first-order chi connectivity index (χ1) is 12.7. The van der Waals surface area contributed by atoms with Gasteiger partial charge in [0.2, 0.25) is 5.91 Å². The molecule has 3 fully saturated rings. The summed E-state index contributed by atoms with van der Waals surface area (Å²) < 4.78 is 0. The Hall–Kier alpha value is -1.65. The zero-order chi connectivity index (χ0) is 17.6. The fraction of sp³-hybridized carbons (Fsp3) is 0.591. The number of hydrogen-bond acceptors (Lipinski definition) is 3. The number of likely N-dealkylation sites (tertiary alicyclic amines) is 1. The van der Waals surface area contributed by atoms with Crippen molar-refractivity contribution in [3.63, 3.8) is 0 Å². The highest BCUT2D eigenvalue weighted by atomic mass is 16.2. The van der Waals surface area contributed by atoms with E-state index in [1.165, 1.54) is 24.0 Å². The Morgan fingerprint density at radius 3 is 2.65 bits per heavy atom. The van der Waals surface area contributed by atoms with Crippen LogP contribution in [0.1, 0.15) is 43.2 Å². The summed E-state index contributed by atoms with van der Waals surface area (Å²) in [4.78, 5) is 15.2. The van der Waals surface area contributed by atoms with Crippen LogP contribution < -0.4 is 10.6 Å². The van der Waals surface area contributed by atoms with E-state index in [9.17, 15) is 4.79 Å². The zero-order valence-corrected chi connectivity index (χ0v) is 15.5. The van der Waals surface area contributed by atoms with E-state index in [2.05, 4.69) is 52.0 Å². The molecule has 1 amide bonds. The third-order valence-corrected chi connectivity index (χ3v) is 7.37. The highest BCUT2D eigenvalue weighted by Gasteiger charge is 2.45. The number of benzene rings is 1. The normalized spacial score (nSPS) is 28.6. The molecule has 2 N–H and O–H groups in total. The Balaban J connectivity index is 1.24. The van der Waals surface area contributed by atoms with Gasteiger partial charge in [-0.15, -0.1) is 0 Å². The molecule has 1 aromatic rings. The van der Waals surface area contributed by atoms with Gasteiger partial charge in [-0.05, 0) is 61.7 Å². The molecule has 1 atom stereocenters. The smallest absolute Gasteiger partial charge is 0.239 e. The zero-order valence-electron chi connectivity index (χ0n) is 15.5. The number of allylic oxidation sites excluding steroid dienone is 1. The molecule has 1 unspecified atom stereocenters. The molecule has 2 spiro atoms. The van der Waals surface area contributed by atoms with Crippen molar-refractivity contribution in [2.75, 3.05) is 32.7 Å². The van der Waals surface area contributed by atoms with Gasteiger partial charge < -0.3 is 15.5 Å². The minimum atomic E-state index is 0.0357. The lowest BCUT2D eigenvalue weighted by molar-refractivity contribution is -0.134. The van der Waals surface area contributed by atoms with Crippen LogP contribution in [0.15, 0.2) is 30.3 Å². The van der Waals surface area contributed by atoms with Gasteiger partial charge in [0.25, 0.3) is 0 Å². The Morgan fingerprint density at radius 2 is 1.85 bits per heavy atom. The van der Waals surface area contributed by atoms with Gasteiger partial charge in [-0.1, -0.05) is 36.4 Å². The van der Waals surface area contributed by atoms with Crippen LogP contribution in [-0.4, -0.2) is 49.6 Å². The molecule has 0 saturated carbocycles. The van der Waals surface area contributed by atoms with E-state index in [-0.39, 0.29) is 11.5 Å². The fourth-order valence-corrected chi connectivity index (χ4v) is 5.65. The molecule has 0 aromatic heterocycles. The van der Waals surface area contributed by atoms with Crippen molar-refractivity contribution in [2.24, 2.45) is 5.41 Å². The monoisotopic (exact) mass is 351 g/mol. The number of amides is 1. The van der Waals surface area contributed by atoms with E-state index in [4.69, 9.17) is 0 Å². The van der Waals surface area contributed by atoms with E-state index in [0.29, 0.717) is 11.3 Å². The molecule has 3 aliphatic heterocycles. The van der Waals surface area contributed by atoms with Crippen LogP contribution in [-0.2, 0) is 10.2 Å². The molecule has 138 valence electrons. The number of fused-ring (bicyclic) bond motifs is 2. The van der Waals surface area contributed by atoms with Gasteiger partial charge in [0.1, 0.15) is 0 Å². The van der Waals surface area contributed by atoms with Crippen molar-refractivity contribution in [1.82, 2.24) is 15.5 Å². The number of nitrogens with zero attached hydrogens (tertiary/aromatic N) is 1. The van der Waals surface area contributed by atoms with Gasteiger partial charge in [-0.2, -0.15) is 0 Å². The van der Waals surface area contributed by atoms with Crippen molar-refractivity contribution in [2.45, 2.75) is 43.6 Å². The van der Waals surface area contributed by atoms with Crippen molar-refractivity contribution < 1.29 is 4.79 Å². The molecule has 26 heavy (non-hydrogen) atoms. The number of nitrogens with one attached hydrogen (secondary N) is 2. The lowest BCUT2D eigenvalue weighted by atomic mass is 9.74. The second-order valence-electron chi connectivity index (χ2n) is 8.79. The molecule has 3 saturated heterocycles. The third-order valence-electron chi connectivity index (χ3n) is 7.37. The predicted molar refractivity (Wildman–Crippen MR) is 104 cm³/mol. The van der Waals surface area contributed by atoms with Crippen LogP contribution in [0.2, 0.25) is 0 Å². The lowest BCUT2D eigenvalue weighted by Gasteiger charge is -2.40. The Bertz CT molecular complexity index is 727. The Morgan fingerprint density at radius 1 is 1.08 bits per heavy atom. The summed E-state index contributed by atoms with van der Waals surface area (Å²) in [7, 11) is 0. The van der Waals surface area contributed by atoms with E-state index in [1.54, 1.807) is 0 Å². The van der Waals surface area contributed by atoms with Gasteiger partial charge in [-0.25, -0.2) is 0 Å². The van der Waals surface area contributed by atoms with Crippen molar-refractivity contribution in [3.05, 3.63) is 41.5 Å². The molecule has 0 bridgehead atoms. The first-order valence-corrected chi connectivity index (χ1v) is 10.2. The number of carbonyl (C=O) groups is 1. The average Bonchev–Trinajstić information content (AvgIpc) is 3.26. The molecular formula is C22H29N3O. The maximum atomic E-state index is 13.1. The fourth-order valence-electron chi connectivity index (χ4n) is 5.65. The van der Waals surface area contributed by atoms with Gasteiger partial charge in [0.05, 0.1) is 6.04 Å². The molecular weight excluding hydrogens is 322 g/mol. The van der Waals surface area contributed by atoms with Crippen LogP contribution in [0.25, 0.3) is 6.08 Å². The van der Waals surface area contributed by atoms with Gasteiger partial charge in [0, 0.05) is 25.0 Å².